The SMILES string of the molecule is CC1(C)C=C([18F])c2cc(C(=O)OCc3ccc(C(C)(C)C)cc3)ccc2O1. The van der Waals surface area contributed by atoms with Gasteiger partial charge in [-0.15, -0.1) is 0 Å². The molecule has 1 aliphatic heterocycles. The number of ether oxygens (including phenoxy) is 2. The van der Waals surface area contributed by atoms with Crippen LogP contribution in [-0.4, -0.2) is 11.6 Å². The van der Waals surface area contributed by atoms with E-state index in [1.807, 2.05) is 24.3 Å². The van der Waals surface area contributed by atoms with Crippen LogP contribution < -0.4 is 4.74 Å². The van der Waals surface area contributed by atoms with Gasteiger partial charge in [0.1, 0.15) is 23.8 Å². The molecule has 3 nitrogen and oxygen atoms in total. The minimum Gasteiger partial charge on any atom is -0.483 e. The molecule has 0 fully saturated rings. The van der Waals surface area contributed by atoms with Crippen LogP contribution in [0.25, 0.3) is 5.83 Å². The third-order valence-electron chi connectivity index (χ3n) is 4.51. The molecule has 3 rings (SSSR count). The fourth-order valence-electron chi connectivity index (χ4n) is 2.96. The molecule has 27 heavy (non-hydrogen) atoms. The molecule has 0 amide bonds. The summed E-state index contributed by atoms with van der Waals surface area (Å²) < 4.78 is 25.4. The standard InChI is InChI=1S/C23H25FO3/c1-22(2,3)17-9-6-15(7-10-17)14-26-21(25)16-8-11-20-18(12-16)19(24)13-23(4,5)27-20/h6-13H,14H2,1-5H3/i24-1. The number of benzene rings is 2. The van der Waals surface area contributed by atoms with Crippen molar-refractivity contribution in [3.63, 3.8) is 0 Å². The quantitative estimate of drug-likeness (QED) is 0.641. The zero-order valence-corrected chi connectivity index (χ0v) is 16.4. The summed E-state index contributed by atoms with van der Waals surface area (Å²) in [6.45, 7) is 10.2. The molecule has 0 aromatic heterocycles. The van der Waals surface area contributed by atoms with Gasteiger partial charge in [-0.3, -0.25) is 0 Å². The average Bonchev–Trinajstić information content (AvgIpc) is 2.58. The lowest BCUT2D eigenvalue weighted by atomic mass is 9.87. The Morgan fingerprint density at radius 2 is 1.78 bits per heavy atom. The van der Waals surface area contributed by atoms with Crippen LogP contribution in [0.3, 0.4) is 0 Å². The Balaban J connectivity index is 1.70. The molecule has 0 saturated heterocycles. The van der Waals surface area contributed by atoms with Crippen molar-refractivity contribution in [1.82, 2.24) is 0 Å². The molecule has 0 unspecified atom stereocenters. The Bertz CT molecular complexity index is 887. The van der Waals surface area contributed by atoms with E-state index in [1.54, 1.807) is 26.0 Å². The summed E-state index contributed by atoms with van der Waals surface area (Å²) >= 11 is 0. The Morgan fingerprint density at radius 3 is 2.41 bits per heavy atom. The molecule has 2 aromatic rings. The predicted octanol–water partition coefficient (Wildman–Crippen LogP) is 5.82. The molecule has 2 aromatic carbocycles. The lowest BCUT2D eigenvalue weighted by Gasteiger charge is -2.28. The monoisotopic (exact) mass is 367 g/mol. The number of carbonyl (C=O) groups excluding carboxylic acids is 1. The molecular formula is C23H25FO3. The van der Waals surface area contributed by atoms with Crippen molar-refractivity contribution in [1.29, 1.82) is 0 Å². The molecule has 142 valence electrons. The van der Waals surface area contributed by atoms with Crippen molar-refractivity contribution in [2.45, 2.75) is 52.2 Å². The molecule has 0 saturated carbocycles. The van der Waals surface area contributed by atoms with Gasteiger partial charge in [-0.1, -0.05) is 45.0 Å². The van der Waals surface area contributed by atoms with Gasteiger partial charge in [0.25, 0.3) is 0 Å². The number of esters is 1. The number of hydrogen-bond acceptors (Lipinski definition) is 3. The second-order valence-electron chi connectivity index (χ2n) is 8.43. The number of rotatable bonds is 3. The lowest BCUT2D eigenvalue weighted by Crippen LogP contribution is -2.28. The van der Waals surface area contributed by atoms with Crippen molar-refractivity contribution >= 4 is 11.8 Å². The van der Waals surface area contributed by atoms with Gasteiger partial charge < -0.3 is 9.47 Å². The molecule has 0 N–H and O–H groups in total. The van der Waals surface area contributed by atoms with Gasteiger partial charge in [0.2, 0.25) is 0 Å². The van der Waals surface area contributed by atoms with E-state index >= 15 is 0 Å². The molecule has 0 bridgehead atoms. The van der Waals surface area contributed by atoms with Gasteiger partial charge in [-0.25, -0.2) is 9.18 Å². The summed E-state index contributed by atoms with van der Waals surface area (Å²) in [6.07, 6.45) is 1.40. The predicted molar refractivity (Wildman–Crippen MR) is 104 cm³/mol. The molecule has 0 spiro atoms. The largest absolute Gasteiger partial charge is 0.483 e. The Morgan fingerprint density at radius 1 is 1.11 bits per heavy atom. The highest BCUT2D eigenvalue weighted by Crippen LogP contribution is 2.37. The first kappa shape index (κ1) is 19.2. The van der Waals surface area contributed by atoms with E-state index in [9.17, 15) is 9.18 Å². The Labute approximate surface area is 159 Å². The van der Waals surface area contributed by atoms with Crippen LogP contribution in [0.4, 0.5) is 4.39 Å². The second-order valence-corrected chi connectivity index (χ2v) is 8.43. The normalized spacial score (nSPS) is 15.4. The van der Waals surface area contributed by atoms with Crippen LogP contribution >= 0.6 is 0 Å². The topological polar surface area (TPSA) is 35.5 Å². The molecule has 0 aliphatic carbocycles. The molecule has 0 radical (unpaired) electrons. The van der Waals surface area contributed by atoms with E-state index in [-0.39, 0.29) is 17.6 Å². The second kappa shape index (κ2) is 6.84. The number of carbonyl (C=O) groups is 1. The third kappa shape index (κ3) is 4.38. The van der Waals surface area contributed by atoms with Gasteiger partial charge in [0, 0.05) is 0 Å². The molecular weight excluding hydrogens is 342 g/mol. The zero-order chi connectivity index (χ0) is 19.8. The smallest absolute Gasteiger partial charge is 0.338 e. The minimum absolute atomic E-state index is 0.0760. The number of halogens is 1. The van der Waals surface area contributed by atoms with E-state index in [2.05, 4.69) is 20.8 Å². The Hall–Kier alpha value is -2.62. The first-order chi connectivity index (χ1) is 12.5. The first-order valence-corrected chi connectivity index (χ1v) is 9.03. The van der Waals surface area contributed by atoms with Crippen LogP contribution in [0.5, 0.6) is 5.75 Å². The summed E-state index contributed by atoms with van der Waals surface area (Å²) in [5.74, 6) is -0.460. The van der Waals surface area contributed by atoms with E-state index in [1.165, 1.54) is 17.7 Å². The molecule has 1 heterocycles. The highest BCUT2D eigenvalue weighted by molar-refractivity contribution is 5.91. The summed E-state index contributed by atoms with van der Waals surface area (Å²) in [4.78, 5) is 12.4. The van der Waals surface area contributed by atoms with Crippen molar-refractivity contribution in [2.24, 2.45) is 0 Å². The molecule has 4 heteroatoms. The van der Waals surface area contributed by atoms with Crippen LogP contribution in [-0.2, 0) is 16.8 Å². The maximum Gasteiger partial charge on any atom is 0.338 e. The number of fused-ring (bicyclic) bond motifs is 1. The van der Waals surface area contributed by atoms with Gasteiger partial charge >= 0.3 is 5.97 Å². The highest BCUT2D eigenvalue weighted by Gasteiger charge is 2.27. The zero-order valence-electron chi connectivity index (χ0n) is 16.4. The van der Waals surface area contributed by atoms with Crippen molar-refractivity contribution in [3.8, 4) is 5.75 Å². The summed E-state index contributed by atoms with van der Waals surface area (Å²) in [7, 11) is 0. The molecule has 0 atom stereocenters. The summed E-state index contributed by atoms with van der Waals surface area (Å²) in [6, 6.07) is 12.7. The van der Waals surface area contributed by atoms with Gasteiger partial charge in [0.15, 0.2) is 0 Å². The fourth-order valence-corrected chi connectivity index (χ4v) is 2.96. The van der Waals surface area contributed by atoms with Gasteiger partial charge in [0.05, 0.1) is 11.1 Å². The van der Waals surface area contributed by atoms with Crippen molar-refractivity contribution in [2.75, 3.05) is 0 Å². The van der Waals surface area contributed by atoms with Crippen molar-refractivity contribution < 1.29 is 18.7 Å². The van der Waals surface area contributed by atoms with E-state index < -0.39 is 17.4 Å². The lowest BCUT2D eigenvalue weighted by molar-refractivity contribution is 0.0472. The third-order valence-corrected chi connectivity index (χ3v) is 4.51. The van der Waals surface area contributed by atoms with E-state index in [0.29, 0.717) is 11.3 Å². The van der Waals surface area contributed by atoms with Crippen LogP contribution in [0.15, 0.2) is 48.5 Å². The molecule has 1 aliphatic rings. The number of hydrogen-bond donors (Lipinski definition) is 0. The minimum atomic E-state index is -0.710. The van der Waals surface area contributed by atoms with Crippen molar-refractivity contribution in [3.05, 3.63) is 70.8 Å². The average molecular weight is 367 g/mol. The van der Waals surface area contributed by atoms with Crippen LogP contribution in [0.1, 0.15) is 61.7 Å². The van der Waals surface area contributed by atoms with E-state index in [0.717, 1.165) is 5.56 Å². The summed E-state index contributed by atoms with van der Waals surface area (Å²) in [5, 5.41) is 0. The maximum atomic E-state index is 14.3. The Kier molecular flexibility index (Phi) is 4.85. The van der Waals surface area contributed by atoms with Gasteiger partial charge in [-0.05, 0) is 54.7 Å². The first-order valence-electron chi connectivity index (χ1n) is 9.03. The highest BCUT2D eigenvalue weighted by atomic mass is 18.2. The maximum absolute atomic E-state index is 14.3. The summed E-state index contributed by atoms with van der Waals surface area (Å²) in [5.41, 5.74) is 2.07. The fraction of sp³-hybridized carbons (Fsp3) is 0.348. The van der Waals surface area contributed by atoms with Crippen LogP contribution in [0, 0.1) is 0 Å². The van der Waals surface area contributed by atoms with E-state index in [4.69, 9.17) is 9.47 Å². The van der Waals surface area contributed by atoms with Crippen LogP contribution in [0.2, 0.25) is 0 Å². The van der Waals surface area contributed by atoms with Gasteiger partial charge in [-0.2, -0.15) is 0 Å².